The molecule has 0 radical (unpaired) electrons. The number of hydrogen-bond acceptors (Lipinski definition) is 9. The van der Waals surface area contributed by atoms with E-state index in [4.69, 9.17) is 14.2 Å². The third-order valence-electron chi connectivity index (χ3n) is 5.74. The van der Waals surface area contributed by atoms with E-state index in [2.05, 4.69) is 20.2 Å². The highest BCUT2D eigenvalue weighted by molar-refractivity contribution is 7.91. The number of aromatic nitrogens is 5. The number of rotatable bonds is 8. The summed E-state index contributed by atoms with van der Waals surface area (Å²) in [5.74, 6) is 0.344. The van der Waals surface area contributed by atoms with E-state index in [1.165, 1.54) is 32.4 Å². The minimum Gasteiger partial charge on any atom is -0.491 e. The zero-order valence-electron chi connectivity index (χ0n) is 19.3. The lowest BCUT2D eigenvalue weighted by molar-refractivity contribution is 0.0947. The van der Waals surface area contributed by atoms with Crippen LogP contribution in [-0.4, -0.2) is 65.8 Å². The van der Waals surface area contributed by atoms with Gasteiger partial charge < -0.3 is 18.8 Å². The molecule has 1 aromatic carbocycles. The second kappa shape index (κ2) is 9.72. The van der Waals surface area contributed by atoms with Crippen molar-refractivity contribution < 1.29 is 27.0 Å². The molecule has 0 saturated carbocycles. The standard InChI is InChI=1S/C22H26FN5O5S/c1-13-8-24-21(25-9-13)20(32-4)14(2)34(29,30)12-19-26-27-22-17-7-15(23)5-6-18(17)33-11-16(10-31-3)28(19)22/h5-9,14,16,20H,10-12H2,1-4H3/t14-,16-,20-/m0/s1. The molecule has 12 heteroatoms. The van der Waals surface area contributed by atoms with Crippen LogP contribution in [-0.2, 0) is 25.1 Å². The average molecular weight is 492 g/mol. The van der Waals surface area contributed by atoms with Crippen LogP contribution in [0.4, 0.5) is 4.39 Å². The predicted molar refractivity (Wildman–Crippen MR) is 120 cm³/mol. The van der Waals surface area contributed by atoms with E-state index in [-0.39, 0.29) is 24.9 Å². The first kappa shape index (κ1) is 24.2. The first-order valence-electron chi connectivity index (χ1n) is 10.6. The van der Waals surface area contributed by atoms with Crippen LogP contribution < -0.4 is 4.74 Å². The number of methoxy groups -OCH3 is 2. The molecule has 2 aromatic heterocycles. The second-order valence-electron chi connectivity index (χ2n) is 8.16. The van der Waals surface area contributed by atoms with Gasteiger partial charge in [-0.05, 0) is 37.6 Å². The van der Waals surface area contributed by atoms with Gasteiger partial charge in [0.1, 0.15) is 35.9 Å². The summed E-state index contributed by atoms with van der Waals surface area (Å²) in [5.41, 5.74) is 1.24. The van der Waals surface area contributed by atoms with Crippen molar-refractivity contribution in [1.82, 2.24) is 24.7 Å². The normalized spacial score (nSPS) is 17.3. The van der Waals surface area contributed by atoms with E-state index in [0.717, 1.165) is 5.56 Å². The summed E-state index contributed by atoms with van der Waals surface area (Å²) in [5, 5.41) is 7.39. The van der Waals surface area contributed by atoms with Crippen molar-refractivity contribution in [2.45, 2.75) is 37.0 Å². The van der Waals surface area contributed by atoms with Crippen molar-refractivity contribution in [1.29, 1.82) is 0 Å². The zero-order chi connectivity index (χ0) is 24.5. The first-order valence-corrected chi connectivity index (χ1v) is 12.3. The molecule has 0 spiro atoms. The Balaban J connectivity index is 1.71. The minimum absolute atomic E-state index is 0.179. The predicted octanol–water partition coefficient (Wildman–Crippen LogP) is 2.45. The van der Waals surface area contributed by atoms with Crippen molar-refractivity contribution >= 4 is 9.84 Å². The molecular weight excluding hydrogens is 465 g/mol. The maximum Gasteiger partial charge on any atom is 0.168 e. The fourth-order valence-electron chi connectivity index (χ4n) is 3.92. The van der Waals surface area contributed by atoms with Crippen LogP contribution in [0.2, 0.25) is 0 Å². The third-order valence-corrected chi connectivity index (χ3v) is 7.78. The van der Waals surface area contributed by atoms with Gasteiger partial charge in [0.15, 0.2) is 21.5 Å². The second-order valence-corrected chi connectivity index (χ2v) is 10.5. The van der Waals surface area contributed by atoms with Crippen LogP contribution in [0.1, 0.15) is 36.3 Å². The SMILES string of the molecule is COC[C@H]1COc2ccc(F)cc2-c2nnc(CS(=O)(=O)[C@@H](C)[C@H](OC)c3ncc(C)cn3)n21. The molecule has 3 atom stereocenters. The zero-order valence-corrected chi connectivity index (χ0v) is 20.1. The van der Waals surface area contributed by atoms with E-state index in [1.54, 1.807) is 23.9 Å². The molecule has 0 N–H and O–H groups in total. The monoisotopic (exact) mass is 491 g/mol. The lowest BCUT2D eigenvalue weighted by atomic mass is 10.2. The highest BCUT2D eigenvalue weighted by Gasteiger charge is 2.36. The van der Waals surface area contributed by atoms with E-state index in [0.29, 0.717) is 17.1 Å². The Hall–Kier alpha value is -2.96. The molecule has 182 valence electrons. The van der Waals surface area contributed by atoms with E-state index < -0.39 is 38.8 Å². The van der Waals surface area contributed by atoms with Crippen LogP contribution in [0.25, 0.3) is 11.4 Å². The summed E-state index contributed by atoms with van der Waals surface area (Å²) in [4.78, 5) is 8.46. The Bertz CT molecular complexity index is 1270. The number of ether oxygens (including phenoxy) is 3. The lowest BCUT2D eigenvalue weighted by Crippen LogP contribution is -2.31. The highest BCUT2D eigenvalue weighted by atomic mass is 32.2. The maximum absolute atomic E-state index is 14.0. The van der Waals surface area contributed by atoms with Gasteiger partial charge in [-0.2, -0.15) is 0 Å². The number of aryl methyl sites for hydroxylation is 1. The van der Waals surface area contributed by atoms with Crippen molar-refractivity contribution in [3.05, 3.63) is 53.6 Å². The van der Waals surface area contributed by atoms with E-state index in [9.17, 15) is 12.8 Å². The molecule has 0 fully saturated rings. The molecule has 34 heavy (non-hydrogen) atoms. The molecule has 1 aliphatic heterocycles. The van der Waals surface area contributed by atoms with Gasteiger partial charge in [-0.3, -0.25) is 0 Å². The van der Waals surface area contributed by atoms with Crippen LogP contribution in [0.5, 0.6) is 5.75 Å². The largest absolute Gasteiger partial charge is 0.491 e. The van der Waals surface area contributed by atoms with Crippen LogP contribution >= 0.6 is 0 Å². The minimum atomic E-state index is -3.81. The smallest absolute Gasteiger partial charge is 0.168 e. The van der Waals surface area contributed by atoms with Gasteiger partial charge in [-0.25, -0.2) is 22.8 Å². The average Bonchev–Trinajstić information content (AvgIpc) is 3.14. The van der Waals surface area contributed by atoms with Gasteiger partial charge in [-0.15, -0.1) is 10.2 Å². The molecule has 10 nitrogen and oxygen atoms in total. The number of sulfone groups is 1. The Morgan fingerprint density at radius 3 is 2.65 bits per heavy atom. The summed E-state index contributed by atoms with van der Waals surface area (Å²) in [6.07, 6.45) is 2.35. The van der Waals surface area contributed by atoms with Gasteiger partial charge in [0.05, 0.1) is 23.5 Å². The molecule has 1 aliphatic rings. The molecule has 0 saturated heterocycles. The van der Waals surface area contributed by atoms with Crippen LogP contribution in [0.3, 0.4) is 0 Å². The highest BCUT2D eigenvalue weighted by Crippen LogP contribution is 2.36. The Morgan fingerprint density at radius 2 is 1.97 bits per heavy atom. The van der Waals surface area contributed by atoms with Gasteiger partial charge in [0.25, 0.3) is 0 Å². The van der Waals surface area contributed by atoms with Crippen molar-refractivity contribution in [3.63, 3.8) is 0 Å². The molecule has 0 aliphatic carbocycles. The molecule has 4 rings (SSSR count). The summed E-state index contributed by atoms with van der Waals surface area (Å²) in [6.45, 7) is 3.79. The Kier molecular flexibility index (Phi) is 6.91. The molecule has 0 bridgehead atoms. The van der Waals surface area contributed by atoms with Gasteiger partial charge in [0.2, 0.25) is 0 Å². The molecular formula is C22H26FN5O5S. The van der Waals surface area contributed by atoms with Crippen LogP contribution in [0, 0.1) is 12.7 Å². The molecule has 3 heterocycles. The Morgan fingerprint density at radius 1 is 1.24 bits per heavy atom. The molecule has 3 aromatic rings. The topological polar surface area (TPSA) is 118 Å². The third kappa shape index (κ3) is 4.65. The van der Waals surface area contributed by atoms with E-state index in [1.807, 2.05) is 6.92 Å². The fourth-order valence-corrected chi connectivity index (χ4v) is 5.35. The Labute approximate surface area is 197 Å². The number of benzene rings is 1. The number of hydrogen-bond donors (Lipinski definition) is 0. The maximum atomic E-state index is 14.0. The van der Waals surface area contributed by atoms with Gasteiger partial charge in [-0.1, -0.05) is 0 Å². The molecule has 0 unspecified atom stereocenters. The summed E-state index contributed by atoms with van der Waals surface area (Å²) in [6, 6.07) is 3.69. The summed E-state index contributed by atoms with van der Waals surface area (Å²) < 4.78 is 59.2. The molecule has 0 amide bonds. The lowest BCUT2D eigenvalue weighted by Gasteiger charge is -2.23. The number of fused-ring (bicyclic) bond motifs is 3. The van der Waals surface area contributed by atoms with Crippen molar-refractivity contribution in [2.75, 3.05) is 27.4 Å². The number of halogens is 1. The summed E-state index contributed by atoms with van der Waals surface area (Å²) >= 11 is 0. The van der Waals surface area contributed by atoms with Crippen molar-refractivity contribution in [3.8, 4) is 17.1 Å². The van der Waals surface area contributed by atoms with Gasteiger partial charge in [0, 0.05) is 26.6 Å². The quantitative estimate of drug-likeness (QED) is 0.468. The van der Waals surface area contributed by atoms with Crippen molar-refractivity contribution in [2.24, 2.45) is 0 Å². The number of nitrogens with zero attached hydrogens (tertiary/aromatic N) is 5. The van der Waals surface area contributed by atoms with Gasteiger partial charge >= 0.3 is 0 Å². The van der Waals surface area contributed by atoms with E-state index >= 15 is 0 Å². The summed E-state index contributed by atoms with van der Waals surface area (Å²) in [7, 11) is -0.856. The fraction of sp³-hybridized carbons (Fsp3) is 0.455. The van der Waals surface area contributed by atoms with Crippen LogP contribution in [0.15, 0.2) is 30.6 Å². The first-order chi connectivity index (χ1) is 16.2.